The van der Waals surface area contributed by atoms with Crippen molar-refractivity contribution in [2.24, 2.45) is 11.3 Å². The standard InChI is InChI=1S/C22H35N3O2/c1-17(2)14-25-16-22(13-21(25)26)8-10-24(11-9-22)15-19-12-20(23-27-19)18-6-4-3-5-7-18/h12,17-18H,3-11,13-16H2,1-2H3. The summed E-state index contributed by atoms with van der Waals surface area (Å²) in [6.07, 6.45) is 9.54. The summed E-state index contributed by atoms with van der Waals surface area (Å²) in [5.74, 6) is 2.53. The Morgan fingerprint density at radius 1 is 1.22 bits per heavy atom. The van der Waals surface area contributed by atoms with Gasteiger partial charge in [0.05, 0.1) is 12.2 Å². The summed E-state index contributed by atoms with van der Waals surface area (Å²) in [6.45, 7) is 9.24. The topological polar surface area (TPSA) is 49.6 Å². The second kappa shape index (κ2) is 7.94. The van der Waals surface area contributed by atoms with Gasteiger partial charge < -0.3 is 9.42 Å². The van der Waals surface area contributed by atoms with Gasteiger partial charge in [-0.05, 0) is 50.1 Å². The highest BCUT2D eigenvalue weighted by Gasteiger charge is 2.44. The largest absolute Gasteiger partial charge is 0.360 e. The van der Waals surface area contributed by atoms with E-state index in [0.29, 0.717) is 17.7 Å². The molecule has 27 heavy (non-hydrogen) atoms. The molecule has 1 saturated carbocycles. The first kappa shape index (κ1) is 19.0. The number of rotatable bonds is 5. The molecule has 2 saturated heterocycles. The van der Waals surface area contributed by atoms with E-state index in [4.69, 9.17) is 4.52 Å². The molecule has 3 aliphatic rings. The molecule has 1 aromatic rings. The Hall–Kier alpha value is -1.36. The van der Waals surface area contributed by atoms with Gasteiger partial charge in [0, 0.05) is 31.5 Å². The van der Waals surface area contributed by atoms with Gasteiger partial charge in [-0.2, -0.15) is 0 Å². The molecule has 1 aromatic heterocycles. The van der Waals surface area contributed by atoms with Crippen LogP contribution in [0, 0.1) is 11.3 Å². The molecule has 3 fully saturated rings. The minimum Gasteiger partial charge on any atom is -0.360 e. The van der Waals surface area contributed by atoms with Crippen LogP contribution in [0.15, 0.2) is 10.6 Å². The van der Waals surface area contributed by atoms with Crippen molar-refractivity contribution in [3.05, 3.63) is 17.5 Å². The molecule has 1 aliphatic carbocycles. The number of hydrogen-bond acceptors (Lipinski definition) is 4. The highest BCUT2D eigenvalue weighted by atomic mass is 16.5. The number of carbonyl (C=O) groups excluding carboxylic acids is 1. The molecule has 1 spiro atoms. The SMILES string of the molecule is CC(C)CN1CC2(CCN(Cc3cc(C4CCCCC4)no3)CC2)CC1=O. The van der Waals surface area contributed by atoms with Crippen molar-refractivity contribution in [2.75, 3.05) is 26.2 Å². The van der Waals surface area contributed by atoms with Crippen molar-refractivity contribution < 1.29 is 9.32 Å². The van der Waals surface area contributed by atoms with E-state index in [9.17, 15) is 4.79 Å². The van der Waals surface area contributed by atoms with Crippen LogP contribution < -0.4 is 0 Å². The van der Waals surface area contributed by atoms with Crippen LogP contribution in [0.1, 0.15) is 82.6 Å². The minimum atomic E-state index is 0.219. The van der Waals surface area contributed by atoms with Gasteiger partial charge in [0.2, 0.25) is 5.91 Å². The van der Waals surface area contributed by atoms with Gasteiger partial charge in [-0.3, -0.25) is 9.69 Å². The van der Waals surface area contributed by atoms with Crippen LogP contribution in [0.2, 0.25) is 0 Å². The molecule has 5 heteroatoms. The molecular weight excluding hydrogens is 338 g/mol. The fraction of sp³-hybridized carbons (Fsp3) is 0.818. The molecule has 0 bridgehead atoms. The van der Waals surface area contributed by atoms with Crippen molar-refractivity contribution in [3.63, 3.8) is 0 Å². The number of amides is 1. The molecule has 2 aliphatic heterocycles. The third kappa shape index (κ3) is 4.39. The van der Waals surface area contributed by atoms with E-state index in [0.717, 1.165) is 57.7 Å². The molecule has 4 rings (SSSR count). The summed E-state index contributed by atoms with van der Waals surface area (Å²) < 4.78 is 5.66. The van der Waals surface area contributed by atoms with E-state index in [-0.39, 0.29) is 5.41 Å². The smallest absolute Gasteiger partial charge is 0.223 e. The first-order chi connectivity index (χ1) is 13.0. The lowest BCUT2D eigenvalue weighted by Crippen LogP contribution is -2.41. The average molecular weight is 374 g/mol. The molecule has 1 amide bonds. The average Bonchev–Trinajstić information content (AvgIpc) is 3.23. The summed E-state index contributed by atoms with van der Waals surface area (Å²) in [7, 11) is 0. The maximum absolute atomic E-state index is 12.4. The first-order valence-electron chi connectivity index (χ1n) is 11.0. The zero-order valence-electron chi connectivity index (χ0n) is 17.1. The molecule has 3 heterocycles. The zero-order valence-corrected chi connectivity index (χ0v) is 17.1. The monoisotopic (exact) mass is 373 g/mol. The lowest BCUT2D eigenvalue weighted by atomic mass is 9.77. The van der Waals surface area contributed by atoms with Crippen LogP contribution in [0.25, 0.3) is 0 Å². The summed E-state index contributed by atoms with van der Waals surface area (Å²) >= 11 is 0. The van der Waals surface area contributed by atoms with Gasteiger partial charge in [0.1, 0.15) is 0 Å². The third-order valence-corrected chi connectivity index (χ3v) is 6.89. The summed E-state index contributed by atoms with van der Waals surface area (Å²) in [6, 6.07) is 2.20. The first-order valence-corrected chi connectivity index (χ1v) is 11.0. The Balaban J connectivity index is 1.29. The van der Waals surface area contributed by atoms with Crippen molar-refractivity contribution in [3.8, 4) is 0 Å². The third-order valence-electron chi connectivity index (χ3n) is 6.89. The van der Waals surface area contributed by atoms with E-state index in [1.807, 2.05) is 0 Å². The van der Waals surface area contributed by atoms with E-state index in [2.05, 4.69) is 34.9 Å². The van der Waals surface area contributed by atoms with Gasteiger partial charge in [-0.15, -0.1) is 0 Å². The number of carbonyl (C=O) groups is 1. The van der Waals surface area contributed by atoms with Crippen LogP contribution in [-0.4, -0.2) is 47.0 Å². The molecule has 5 nitrogen and oxygen atoms in total. The minimum absolute atomic E-state index is 0.219. The summed E-state index contributed by atoms with van der Waals surface area (Å²) in [4.78, 5) is 17.0. The fourth-order valence-corrected chi connectivity index (χ4v) is 5.32. The van der Waals surface area contributed by atoms with Crippen molar-refractivity contribution in [2.45, 2.75) is 77.7 Å². The highest BCUT2D eigenvalue weighted by Crippen LogP contribution is 2.41. The van der Waals surface area contributed by atoms with Crippen LogP contribution in [0.5, 0.6) is 0 Å². The van der Waals surface area contributed by atoms with Gasteiger partial charge in [-0.1, -0.05) is 38.3 Å². The van der Waals surface area contributed by atoms with Crippen molar-refractivity contribution in [1.82, 2.24) is 15.0 Å². The maximum atomic E-state index is 12.4. The Bertz CT molecular complexity index is 640. The number of hydrogen-bond donors (Lipinski definition) is 0. The Morgan fingerprint density at radius 3 is 2.67 bits per heavy atom. The number of likely N-dealkylation sites (tertiary alicyclic amines) is 2. The van der Waals surface area contributed by atoms with Gasteiger partial charge >= 0.3 is 0 Å². The van der Waals surface area contributed by atoms with E-state index >= 15 is 0 Å². The molecule has 150 valence electrons. The van der Waals surface area contributed by atoms with Crippen LogP contribution in [0.4, 0.5) is 0 Å². The molecule has 0 N–H and O–H groups in total. The molecule has 0 radical (unpaired) electrons. The lowest BCUT2D eigenvalue weighted by molar-refractivity contribution is -0.128. The summed E-state index contributed by atoms with van der Waals surface area (Å²) in [5, 5.41) is 4.37. The predicted octanol–water partition coefficient (Wildman–Crippen LogP) is 4.19. The molecular formula is C22H35N3O2. The van der Waals surface area contributed by atoms with Gasteiger partial charge in [0.25, 0.3) is 0 Å². The summed E-state index contributed by atoms with van der Waals surface area (Å²) in [5.41, 5.74) is 1.39. The van der Waals surface area contributed by atoms with E-state index in [1.54, 1.807) is 0 Å². The lowest BCUT2D eigenvalue weighted by Gasteiger charge is -2.38. The Labute approximate surface area is 163 Å². The molecule has 0 atom stereocenters. The predicted molar refractivity (Wildman–Crippen MR) is 105 cm³/mol. The van der Waals surface area contributed by atoms with E-state index in [1.165, 1.54) is 37.8 Å². The number of piperidine rings is 1. The Morgan fingerprint density at radius 2 is 1.96 bits per heavy atom. The van der Waals surface area contributed by atoms with Crippen molar-refractivity contribution >= 4 is 5.91 Å². The number of nitrogens with zero attached hydrogens (tertiary/aromatic N) is 3. The maximum Gasteiger partial charge on any atom is 0.223 e. The Kier molecular flexibility index (Phi) is 5.58. The van der Waals surface area contributed by atoms with E-state index < -0.39 is 0 Å². The quantitative estimate of drug-likeness (QED) is 0.776. The van der Waals surface area contributed by atoms with Crippen LogP contribution in [-0.2, 0) is 11.3 Å². The second-order valence-corrected chi connectivity index (χ2v) is 9.67. The van der Waals surface area contributed by atoms with Crippen LogP contribution >= 0.6 is 0 Å². The van der Waals surface area contributed by atoms with Gasteiger partial charge in [0.15, 0.2) is 5.76 Å². The van der Waals surface area contributed by atoms with Crippen LogP contribution in [0.3, 0.4) is 0 Å². The fourth-order valence-electron chi connectivity index (χ4n) is 5.32. The molecule has 0 unspecified atom stereocenters. The second-order valence-electron chi connectivity index (χ2n) is 9.67. The highest BCUT2D eigenvalue weighted by molar-refractivity contribution is 5.79. The number of aromatic nitrogens is 1. The normalized spacial score (nSPS) is 24.4. The molecule has 0 aromatic carbocycles. The van der Waals surface area contributed by atoms with Gasteiger partial charge in [-0.25, -0.2) is 0 Å². The zero-order chi connectivity index (χ0) is 18.9. The van der Waals surface area contributed by atoms with Crippen molar-refractivity contribution in [1.29, 1.82) is 0 Å².